The van der Waals surface area contributed by atoms with Crippen LogP contribution in [0.1, 0.15) is 96.3 Å². The molecule has 0 spiro atoms. The Balaban J connectivity index is -0.00000450. The van der Waals surface area contributed by atoms with Gasteiger partial charge in [0.05, 0.1) is 12.0 Å². The molecule has 1 unspecified atom stereocenters. The van der Waals surface area contributed by atoms with E-state index in [4.69, 9.17) is 5.11 Å². The summed E-state index contributed by atoms with van der Waals surface area (Å²) in [6.45, 7) is 0.284. The first-order valence-corrected chi connectivity index (χ1v) is 11.6. The third-order valence-electron chi connectivity index (χ3n) is 4.87. The van der Waals surface area contributed by atoms with Crippen molar-refractivity contribution in [2.45, 2.75) is 102 Å². The van der Waals surface area contributed by atoms with Gasteiger partial charge in [0, 0.05) is 25.4 Å². The smallest absolute Gasteiger partial charge is 0.550 e. The largest absolute Gasteiger partial charge is 1.00 e. The fourth-order valence-electron chi connectivity index (χ4n) is 3.07. The number of aliphatic carboxylic acids is 2. The van der Waals surface area contributed by atoms with Crippen molar-refractivity contribution in [3.63, 3.8) is 0 Å². The van der Waals surface area contributed by atoms with Crippen LogP contribution < -0.4 is 74.6 Å². The van der Waals surface area contributed by atoms with Gasteiger partial charge in [0.2, 0.25) is 5.91 Å². The zero-order valence-electron chi connectivity index (χ0n) is 20.7. The zero-order valence-corrected chi connectivity index (χ0v) is 24.7. The predicted molar refractivity (Wildman–Crippen MR) is 117 cm³/mol. The van der Waals surface area contributed by atoms with E-state index in [-0.39, 0.29) is 72.1 Å². The van der Waals surface area contributed by atoms with Crippen LogP contribution in [0, 0.1) is 0 Å². The van der Waals surface area contributed by atoms with E-state index in [0.29, 0.717) is 6.42 Å². The Morgan fingerprint density at radius 2 is 1.12 bits per heavy atom. The molecule has 0 saturated carbocycles. The van der Waals surface area contributed by atoms with Gasteiger partial charge in [-0.3, -0.25) is 4.79 Å². The van der Waals surface area contributed by atoms with E-state index in [1.807, 2.05) is 0 Å². The van der Waals surface area contributed by atoms with Gasteiger partial charge in [-0.15, -0.1) is 0 Å². The van der Waals surface area contributed by atoms with Gasteiger partial charge in [-0.1, -0.05) is 43.6 Å². The molecule has 2 N–H and O–H groups in total. The van der Waals surface area contributed by atoms with Crippen LogP contribution in [0.3, 0.4) is 0 Å². The van der Waals surface area contributed by atoms with Crippen LogP contribution in [0.5, 0.6) is 0 Å². The molecule has 0 fully saturated rings. The minimum Gasteiger partial charge on any atom is -0.550 e. The van der Waals surface area contributed by atoms with Crippen LogP contribution in [-0.2, 0) is 14.4 Å². The average molecular weight is 484 g/mol. The molecule has 7 nitrogen and oxygen atoms in total. The van der Waals surface area contributed by atoms with E-state index in [1.54, 1.807) is 0 Å². The first-order chi connectivity index (χ1) is 15.0. The molecule has 0 aromatic carbocycles. The van der Waals surface area contributed by atoms with Gasteiger partial charge < -0.3 is 30.2 Å². The van der Waals surface area contributed by atoms with Crippen molar-refractivity contribution in [2.75, 3.05) is 6.61 Å². The van der Waals surface area contributed by atoms with Crippen molar-refractivity contribution in [1.82, 2.24) is 5.32 Å². The molecule has 178 valence electrons. The molecule has 0 heterocycles. The summed E-state index contributed by atoms with van der Waals surface area (Å²) in [5.41, 5.74) is 0. The number of nitrogens with one attached hydrogen (secondary N) is 1. The summed E-state index contributed by atoms with van der Waals surface area (Å²) in [5, 5.41) is 32.1. The number of rotatable bonds is 21. The maximum absolute atomic E-state index is 11.7. The SMILES string of the molecule is O=C([O-])CC(NC(=O)CCCC/C=C\CCCCCCC/C=C\CCCCO)C(=O)[O-].[Na+].[Na+]. The van der Waals surface area contributed by atoms with Gasteiger partial charge in [0.1, 0.15) is 0 Å². The van der Waals surface area contributed by atoms with Gasteiger partial charge in [-0.2, -0.15) is 0 Å². The summed E-state index contributed by atoms with van der Waals surface area (Å²) in [5.74, 6) is -3.66. The molecule has 0 aromatic heterocycles. The number of carbonyl (C=O) groups excluding carboxylic acids is 3. The quantitative estimate of drug-likeness (QED) is 0.0971. The molecule has 0 bridgehead atoms. The van der Waals surface area contributed by atoms with Crippen molar-refractivity contribution in [3.05, 3.63) is 24.3 Å². The minimum absolute atomic E-state index is 0. The molecule has 1 atom stereocenters. The van der Waals surface area contributed by atoms with E-state index in [2.05, 4.69) is 29.6 Å². The van der Waals surface area contributed by atoms with Gasteiger partial charge in [0.15, 0.2) is 0 Å². The molecule has 0 rings (SSSR count). The van der Waals surface area contributed by atoms with Crippen molar-refractivity contribution < 1.29 is 88.8 Å². The Morgan fingerprint density at radius 3 is 1.55 bits per heavy atom. The summed E-state index contributed by atoms with van der Waals surface area (Å²) in [6, 6.07) is -1.55. The van der Waals surface area contributed by atoms with Crippen LogP contribution in [0.25, 0.3) is 0 Å². The number of carboxylic acids is 2. The number of aliphatic hydroxyl groups is 1. The number of carbonyl (C=O) groups is 3. The molecule has 9 heteroatoms. The fraction of sp³-hybridized carbons (Fsp3) is 0.708. The third kappa shape index (κ3) is 28.0. The summed E-state index contributed by atoms with van der Waals surface area (Å²) < 4.78 is 0. The number of amides is 1. The molecule has 0 aliphatic heterocycles. The van der Waals surface area contributed by atoms with Gasteiger partial charge >= 0.3 is 59.1 Å². The van der Waals surface area contributed by atoms with Gasteiger partial charge in [-0.25, -0.2) is 0 Å². The van der Waals surface area contributed by atoms with Crippen LogP contribution in [0.4, 0.5) is 0 Å². The van der Waals surface area contributed by atoms with E-state index in [0.717, 1.165) is 44.9 Å². The fourth-order valence-corrected chi connectivity index (χ4v) is 3.07. The zero-order chi connectivity index (χ0) is 23.2. The van der Waals surface area contributed by atoms with E-state index < -0.39 is 30.3 Å². The molecule has 0 saturated heterocycles. The second kappa shape index (κ2) is 28.1. The Morgan fingerprint density at radius 1 is 0.697 bits per heavy atom. The van der Waals surface area contributed by atoms with Gasteiger partial charge in [-0.05, 0) is 64.2 Å². The Bertz CT molecular complexity index is 555. The number of carboxylic acid groups (broad SMARTS) is 2. The first-order valence-electron chi connectivity index (χ1n) is 11.6. The topological polar surface area (TPSA) is 130 Å². The molecule has 0 aromatic rings. The maximum atomic E-state index is 11.7. The molecule has 0 radical (unpaired) electrons. The molecule has 33 heavy (non-hydrogen) atoms. The average Bonchev–Trinajstić information content (AvgIpc) is 2.72. The van der Waals surface area contributed by atoms with E-state index >= 15 is 0 Å². The summed E-state index contributed by atoms with van der Waals surface area (Å²) in [4.78, 5) is 32.9. The number of hydrogen-bond acceptors (Lipinski definition) is 6. The van der Waals surface area contributed by atoms with Crippen molar-refractivity contribution in [1.29, 1.82) is 0 Å². The second-order valence-electron chi connectivity index (χ2n) is 7.77. The normalized spacial score (nSPS) is 11.7. The van der Waals surface area contributed by atoms with Crippen LogP contribution in [0.15, 0.2) is 24.3 Å². The van der Waals surface area contributed by atoms with Crippen molar-refractivity contribution in [3.8, 4) is 0 Å². The number of hydrogen-bond donors (Lipinski definition) is 2. The first kappa shape index (κ1) is 37.4. The molecule has 0 aliphatic carbocycles. The van der Waals surface area contributed by atoms with Crippen molar-refractivity contribution >= 4 is 17.8 Å². The molecular weight excluding hydrogens is 444 g/mol. The van der Waals surface area contributed by atoms with E-state index in [9.17, 15) is 24.6 Å². The minimum atomic E-state index is -1.62. The van der Waals surface area contributed by atoms with Crippen molar-refractivity contribution in [2.24, 2.45) is 0 Å². The van der Waals surface area contributed by atoms with E-state index in [1.165, 1.54) is 32.1 Å². The Labute approximate surface area is 243 Å². The Kier molecular flexibility index (Phi) is 31.8. The van der Waals surface area contributed by atoms with Crippen LogP contribution in [0.2, 0.25) is 0 Å². The third-order valence-corrected chi connectivity index (χ3v) is 4.87. The van der Waals surface area contributed by atoms with Gasteiger partial charge in [0.25, 0.3) is 0 Å². The maximum Gasteiger partial charge on any atom is 1.00 e. The monoisotopic (exact) mass is 483 g/mol. The second-order valence-corrected chi connectivity index (χ2v) is 7.77. The molecular formula is C24H39NNa2O6. The molecule has 0 aliphatic rings. The summed E-state index contributed by atoms with van der Waals surface area (Å²) in [6.07, 6.45) is 21.8. The number of aliphatic hydroxyl groups excluding tert-OH is 1. The predicted octanol–water partition coefficient (Wildman–Crippen LogP) is -4.06. The van der Waals surface area contributed by atoms with Crippen LogP contribution >= 0.6 is 0 Å². The number of unbranched alkanes of at least 4 members (excludes halogenated alkanes) is 10. The Hall–Kier alpha value is -0.150. The number of allylic oxidation sites excluding steroid dienone is 4. The van der Waals surface area contributed by atoms with Crippen LogP contribution in [-0.4, -0.2) is 35.6 Å². The summed E-state index contributed by atoms with van der Waals surface area (Å²) in [7, 11) is 0. The standard InChI is InChI=1S/C24H41NO6.2Na/c26-19-17-15-13-11-9-7-5-3-1-2-4-6-8-10-12-14-16-18-22(27)25-21(24(30)31)20-23(28)29;;/h8-11,21,26H,1-7,12-20H2,(H,25,27)(H,28,29)(H,30,31);;/q;2*+1/p-2/b10-8-,11-9-;;. The summed E-state index contributed by atoms with van der Waals surface area (Å²) >= 11 is 0. The molecule has 1 amide bonds.